The standard InChI is InChI=1S/C17H11ClF7NO3S/c1-2-29-13(27)11-10(8-3-5-9(18)6-4-8)7-30-12(11)26-14(28)15(19,20)16(21,22)17(23,24)25/h3-7H,2H2,1H3,(H,26,28). The van der Waals surface area contributed by atoms with E-state index in [2.05, 4.69) is 0 Å². The lowest BCUT2D eigenvalue weighted by Crippen LogP contribution is -2.57. The Morgan fingerprint density at radius 3 is 2.13 bits per heavy atom. The summed E-state index contributed by atoms with van der Waals surface area (Å²) in [7, 11) is 0. The second-order valence-corrected chi connectivity index (χ2v) is 7.00. The maximum Gasteiger partial charge on any atom is 0.460 e. The van der Waals surface area contributed by atoms with Crippen LogP contribution in [0.3, 0.4) is 0 Å². The minimum atomic E-state index is -6.68. The van der Waals surface area contributed by atoms with Gasteiger partial charge in [0, 0.05) is 16.0 Å². The van der Waals surface area contributed by atoms with Crippen molar-refractivity contribution in [2.75, 3.05) is 11.9 Å². The maximum absolute atomic E-state index is 13.6. The van der Waals surface area contributed by atoms with Crippen LogP contribution >= 0.6 is 22.9 Å². The van der Waals surface area contributed by atoms with Gasteiger partial charge in [0.25, 0.3) is 0 Å². The number of rotatable bonds is 6. The molecule has 0 aliphatic heterocycles. The average molecular weight is 478 g/mol. The SMILES string of the molecule is CCOC(=O)c1c(-c2ccc(Cl)cc2)csc1NC(=O)C(F)(F)C(F)(F)C(F)(F)F. The summed E-state index contributed by atoms with van der Waals surface area (Å²) in [5.41, 5.74) is -0.0912. The van der Waals surface area contributed by atoms with E-state index in [1.165, 1.54) is 41.9 Å². The Morgan fingerprint density at radius 2 is 1.63 bits per heavy atom. The van der Waals surface area contributed by atoms with Crippen LogP contribution in [-0.4, -0.2) is 36.5 Å². The number of halogens is 8. The third-order valence-electron chi connectivity index (χ3n) is 3.69. The normalized spacial score (nSPS) is 12.6. The molecule has 164 valence electrons. The zero-order chi connectivity index (χ0) is 22.9. The highest BCUT2D eigenvalue weighted by Gasteiger charge is 2.76. The van der Waals surface area contributed by atoms with Crippen molar-refractivity contribution >= 4 is 39.8 Å². The average Bonchev–Trinajstić information content (AvgIpc) is 3.05. The molecule has 0 saturated carbocycles. The fourth-order valence-corrected chi connectivity index (χ4v) is 3.28. The number of benzene rings is 1. The molecule has 0 saturated heterocycles. The molecular weight excluding hydrogens is 467 g/mol. The number of alkyl halides is 7. The van der Waals surface area contributed by atoms with Crippen molar-refractivity contribution in [3.63, 3.8) is 0 Å². The first-order valence-electron chi connectivity index (χ1n) is 7.92. The molecule has 1 amide bonds. The number of hydrogen-bond acceptors (Lipinski definition) is 4. The van der Waals surface area contributed by atoms with Gasteiger partial charge in [0.15, 0.2) is 0 Å². The molecule has 30 heavy (non-hydrogen) atoms. The Labute approximate surface area is 173 Å². The van der Waals surface area contributed by atoms with Gasteiger partial charge in [-0.15, -0.1) is 11.3 Å². The Morgan fingerprint density at radius 1 is 1.07 bits per heavy atom. The van der Waals surface area contributed by atoms with Crippen LogP contribution in [0, 0.1) is 0 Å². The molecule has 1 aromatic carbocycles. The number of thiophene rings is 1. The predicted octanol–water partition coefficient (Wildman–Crippen LogP) is 6.02. The number of hydrogen-bond donors (Lipinski definition) is 1. The van der Waals surface area contributed by atoms with Crippen LogP contribution in [0.25, 0.3) is 11.1 Å². The summed E-state index contributed by atoms with van der Waals surface area (Å²) >= 11 is 6.23. The number of nitrogens with one attached hydrogen (secondary N) is 1. The molecule has 1 heterocycles. The first-order valence-corrected chi connectivity index (χ1v) is 9.18. The summed E-state index contributed by atoms with van der Waals surface area (Å²) in [5, 5.41) is 2.15. The summed E-state index contributed by atoms with van der Waals surface area (Å²) in [4.78, 5) is 23.9. The van der Waals surface area contributed by atoms with Crippen molar-refractivity contribution in [1.29, 1.82) is 0 Å². The molecule has 1 N–H and O–H groups in total. The molecule has 0 aliphatic carbocycles. The first-order chi connectivity index (χ1) is 13.7. The lowest BCUT2D eigenvalue weighted by molar-refractivity contribution is -0.343. The highest BCUT2D eigenvalue weighted by atomic mass is 35.5. The topological polar surface area (TPSA) is 55.4 Å². The number of carbonyl (C=O) groups excluding carboxylic acids is 2. The van der Waals surface area contributed by atoms with E-state index >= 15 is 0 Å². The fraction of sp³-hybridized carbons (Fsp3) is 0.294. The molecule has 0 atom stereocenters. The lowest BCUT2D eigenvalue weighted by atomic mass is 10.0. The molecule has 0 bridgehead atoms. The molecule has 0 aliphatic rings. The van der Waals surface area contributed by atoms with Gasteiger partial charge in [-0.2, -0.15) is 30.7 Å². The second-order valence-electron chi connectivity index (χ2n) is 5.68. The first kappa shape index (κ1) is 23.9. The van der Waals surface area contributed by atoms with E-state index in [0.717, 1.165) is 0 Å². The third kappa shape index (κ3) is 4.38. The second kappa shape index (κ2) is 8.42. The highest BCUT2D eigenvalue weighted by Crippen LogP contribution is 2.47. The van der Waals surface area contributed by atoms with Gasteiger partial charge in [-0.1, -0.05) is 23.7 Å². The van der Waals surface area contributed by atoms with E-state index < -0.39 is 40.5 Å². The van der Waals surface area contributed by atoms with Crippen molar-refractivity contribution in [3.8, 4) is 11.1 Å². The van der Waals surface area contributed by atoms with Gasteiger partial charge in [-0.25, -0.2) is 4.79 Å². The van der Waals surface area contributed by atoms with Crippen molar-refractivity contribution in [2.24, 2.45) is 0 Å². The zero-order valence-corrected chi connectivity index (χ0v) is 16.3. The molecule has 1 aromatic heterocycles. The van der Waals surface area contributed by atoms with Crippen molar-refractivity contribution in [3.05, 3.63) is 40.2 Å². The van der Waals surface area contributed by atoms with Crippen LogP contribution in [0.15, 0.2) is 29.6 Å². The van der Waals surface area contributed by atoms with Gasteiger partial charge < -0.3 is 10.1 Å². The summed E-state index contributed by atoms with van der Waals surface area (Å²) in [6.45, 7) is 1.26. The quantitative estimate of drug-likeness (QED) is 0.409. The van der Waals surface area contributed by atoms with Crippen molar-refractivity contribution in [1.82, 2.24) is 0 Å². The maximum atomic E-state index is 13.6. The highest BCUT2D eigenvalue weighted by molar-refractivity contribution is 7.15. The molecule has 2 rings (SSSR count). The smallest absolute Gasteiger partial charge is 0.460 e. The molecule has 4 nitrogen and oxygen atoms in total. The molecule has 0 radical (unpaired) electrons. The summed E-state index contributed by atoms with van der Waals surface area (Å²) in [6.07, 6.45) is -6.68. The van der Waals surface area contributed by atoms with Crippen molar-refractivity contribution < 1.29 is 45.1 Å². The summed E-state index contributed by atoms with van der Waals surface area (Å²) in [5.74, 6) is -16.8. The van der Waals surface area contributed by atoms with E-state index in [1.807, 2.05) is 0 Å². The fourth-order valence-electron chi connectivity index (χ4n) is 2.20. The Kier molecular flexibility index (Phi) is 6.72. The van der Waals surface area contributed by atoms with E-state index in [1.54, 1.807) is 0 Å². The number of esters is 1. The molecular formula is C17H11ClF7NO3S. The molecule has 0 unspecified atom stereocenters. The number of amides is 1. The monoisotopic (exact) mass is 477 g/mol. The number of carbonyl (C=O) groups is 2. The van der Waals surface area contributed by atoms with Crippen LogP contribution in [0.1, 0.15) is 17.3 Å². The molecule has 13 heteroatoms. The number of ether oxygens (including phenoxy) is 1. The van der Waals surface area contributed by atoms with Gasteiger partial charge in [0.2, 0.25) is 0 Å². The van der Waals surface area contributed by atoms with Gasteiger partial charge >= 0.3 is 29.9 Å². The van der Waals surface area contributed by atoms with Crippen LogP contribution < -0.4 is 5.32 Å². The summed E-state index contributed by atoms with van der Waals surface area (Å²) < 4.78 is 95.2. The van der Waals surface area contributed by atoms with E-state index in [4.69, 9.17) is 16.3 Å². The van der Waals surface area contributed by atoms with Gasteiger partial charge in [0.05, 0.1) is 6.61 Å². The molecule has 2 aromatic rings. The van der Waals surface area contributed by atoms with E-state index in [-0.39, 0.29) is 12.2 Å². The Balaban J connectivity index is 2.48. The lowest BCUT2D eigenvalue weighted by Gasteiger charge is -2.26. The predicted molar refractivity (Wildman–Crippen MR) is 95.3 cm³/mol. The minimum absolute atomic E-state index is 0.0660. The van der Waals surface area contributed by atoms with Crippen molar-refractivity contribution in [2.45, 2.75) is 24.9 Å². The van der Waals surface area contributed by atoms with Gasteiger partial charge in [0.1, 0.15) is 10.6 Å². The van der Waals surface area contributed by atoms with Crippen LogP contribution in [-0.2, 0) is 9.53 Å². The van der Waals surface area contributed by atoms with E-state index in [0.29, 0.717) is 21.9 Å². The summed E-state index contributed by atoms with van der Waals surface area (Å²) in [6, 6.07) is 5.73. The minimum Gasteiger partial charge on any atom is -0.462 e. The van der Waals surface area contributed by atoms with Crippen LogP contribution in [0.4, 0.5) is 35.7 Å². The molecule has 0 fully saturated rings. The third-order valence-corrected chi connectivity index (χ3v) is 4.84. The molecule has 0 spiro atoms. The van der Waals surface area contributed by atoms with Gasteiger partial charge in [-0.3, -0.25) is 4.79 Å². The van der Waals surface area contributed by atoms with Gasteiger partial charge in [-0.05, 0) is 24.6 Å². The van der Waals surface area contributed by atoms with E-state index in [9.17, 15) is 40.3 Å². The van der Waals surface area contributed by atoms with Crippen LogP contribution in [0.2, 0.25) is 5.02 Å². The number of anilines is 1. The van der Waals surface area contributed by atoms with Crippen LogP contribution in [0.5, 0.6) is 0 Å². The Bertz CT molecular complexity index is 942. The zero-order valence-electron chi connectivity index (χ0n) is 14.8. The largest absolute Gasteiger partial charge is 0.462 e. The Hall–Kier alpha value is -2.34.